The Labute approximate surface area is 89.4 Å². The van der Waals surface area contributed by atoms with E-state index in [1.165, 1.54) is 44.1 Å². The van der Waals surface area contributed by atoms with Gasteiger partial charge in [0.15, 0.2) is 0 Å². The molecule has 0 amide bonds. The number of hydrogen-bond acceptors (Lipinski definition) is 0. The summed E-state index contributed by atoms with van der Waals surface area (Å²) in [6, 6.07) is 0. The first kappa shape index (κ1) is 15.5. The lowest BCUT2D eigenvalue weighted by Crippen LogP contribution is -1.85. The monoisotopic (exact) mass is 204 g/mol. The molecule has 0 aliphatic heterocycles. The molecular weight excluding hydrogens is 180 g/mol. The summed E-state index contributed by atoms with van der Waals surface area (Å²) in [5.41, 5.74) is 1.22. The number of halogens is 1. The molecule has 80 valence electrons. The molecule has 0 radical (unpaired) electrons. The lowest BCUT2D eigenvalue weighted by molar-refractivity contribution is 0.504. The van der Waals surface area contributed by atoms with Crippen LogP contribution in [0, 0.1) is 5.92 Å². The summed E-state index contributed by atoms with van der Waals surface area (Å²) in [4.78, 5) is 0. The van der Waals surface area contributed by atoms with E-state index in [1.54, 1.807) is 0 Å². The van der Waals surface area contributed by atoms with Crippen molar-refractivity contribution in [3.63, 3.8) is 0 Å². The summed E-state index contributed by atoms with van der Waals surface area (Å²) in [7, 11) is 0. The van der Waals surface area contributed by atoms with Crippen LogP contribution in [0.25, 0.3) is 0 Å². The third kappa shape index (κ3) is 33.3. The Morgan fingerprint density at radius 3 is 1.08 bits per heavy atom. The summed E-state index contributed by atoms with van der Waals surface area (Å²) in [6.07, 6.45) is 9.00. The normalized spacial score (nSPS) is 14.8. The Morgan fingerprint density at radius 2 is 1.00 bits per heavy atom. The Kier molecular flexibility index (Phi) is 17.3. The third-order valence-electron chi connectivity index (χ3n) is 1.50. The van der Waals surface area contributed by atoms with Crippen molar-refractivity contribution in [1.82, 2.24) is 0 Å². The molecule has 1 rings (SSSR count). The topological polar surface area (TPSA) is 0 Å². The molecule has 0 N–H and O–H groups in total. The minimum Gasteiger partial charge on any atom is -0.0936 e. The quantitative estimate of drug-likeness (QED) is 0.498. The molecule has 0 spiro atoms. The highest BCUT2D eigenvalue weighted by atomic mass is 35.5. The summed E-state index contributed by atoms with van der Waals surface area (Å²) in [5.74, 6) is 0.833. The number of hydrogen-bond donors (Lipinski definition) is 0. The average Bonchev–Trinajstić information content (AvgIpc) is 2.08. The van der Waals surface area contributed by atoms with E-state index in [4.69, 9.17) is 11.6 Å². The van der Waals surface area contributed by atoms with E-state index in [0.717, 1.165) is 5.92 Å². The van der Waals surface area contributed by atoms with Crippen molar-refractivity contribution in [2.45, 2.75) is 59.3 Å². The second kappa shape index (κ2) is 14.5. The first-order valence-electron chi connectivity index (χ1n) is 5.36. The predicted molar refractivity (Wildman–Crippen MR) is 64.3 cm³/mol. The molecule has 0 heterocycles. The SMILES string of the molecule is C1CCCCC1.C=CCl.CC(C)C. The maximum absolute atomic E-state index is 4.76. The van der Waals surface area contributed by atoms with Crippen LogP contribution in [0.15, 0.2) is 12.1 Å². The van der Waals surface area contributed by atoms with E-state index in [-0.39, 0.29) is 0 Å². The van der Waals surface area contributed by atoms with Crippen LogP contribution in [0.1, 0.15) is 59.3 Å². The van der Waals surface area contributed by atoms with Crippen LogP contribution in [-0.2, 0) is 0 Å². The highest BCUT2D eigenvalue weighted by molar-refractivity contribution is 6.25. The zero-order chi connectivity index (χ0) is 10.5. The highest BCUT2D eigenvalue weighted by Crippen LogP contribution is 2.15. The minimum atomic E-state index is 0.833. The summed E-state index contributed by atoms with van der Waals surface area (Å²) < 4.78 is 0. The van der Waals surface area contributed by atoms with Crippen molar-refractivity contribution in [3.05, 3.63) is 12.1 Å². The van der Waals surface area contributed by atoms with Gasteiger partial charge in [-0.25, -0.2) is 0 Å². The van der Waals surface area contributed by atoms with Crippen LogP contribution >= 0.6 is 11.6 Å². The maximum atomic E-state index is 4.76. The van der Waals surface area contributed by atoms with Gasteiger partial charge >= 0.3 is 0 Å². The van der Waals surface area contributed by atoms with Crippen molar-refractivity contribution in [2.75, 3.05) is 0 Å². The molecule has 0 unspecified atom stereocenters. The van der Waals surface area contributed by atoms with Gasteiger partial charge in [-0.05, 0) is 11.5 Å². The van der Waals surface area contributed by atoms with Gasteiger partial charge in [0.1, 0.15) is 0 Å². The van der Waals surface area contributed by atoms with E-state index in [0.29, 0.717) is 0 Å². The lowest BCUT2D eigenvalue weighted by Gasteiger charge is -2.05. The molecule has 1 aliphatic carbocycles. The molecule has 1 heteroatoms. The molecule has 0 bridgehead atoms. The molecule has 0 nitrogen and oxygen atoms in total. The van der Waals surface area contributed by atoms with E-state index < -0.39 is 0 Å². The van der Waals surface area contributed by atoms with Crippen LogP contribution in [0.2, 0.25) is 0 Å². The summed E-state index contributed by atoms with van der Waals surface area (Å²) in [6.45, 7) is 9.63. The largest absolute Gasteiger partial charge is 0.0936 e. The van der Waals surface area contributed by atoms with Gasteiger partial charge in [-0.1, -0.05) is 77.5 Å². The Balaban J connectivity index is 0. The molecule has 0 aromatic heterocycles. The van der Waals surface area contributed by atoms with E-state index in [9.17, 15) is 0 Å². The van der Waals surface area contributed by atoms with Gasteiger partial charge in [-0.3, -0.25) is 0 Å². The van der Waals surface area contributed by atoms with Crippen molar-refractivity contribution >= 4 is 11.6 Å². The molecular formula is C12H25Cl. The standard InChI is InChI=1S/C6H12.C4H10.C2H3Cl/c1-2-4-6-5-3-1;1-4(2)3;1-2-3/h1-6H2;4H,1-3H3;2H,1H2. The van der Waals surface area contributed by atoms with Gasteiger partial charge in [0.25, 0.3) is 0 Å². The maximum Gasteiger partial charge on any atom is -0.00296 e. The molecule has 1 fully saturated rings. The van der Waals surface area contributed by atoms with Crippen LogP contribution in [-0.4, -0.2) is 0 Å². The fraction of sp³-hybridized carbons (Fsp3) is 0.833. The van der Waals surface area contributed by atoms with Crippen LogP contribution in [0.3, 0.4) is 0 Å². The second-order valence-corrected chi connectivity index (χ2v) is 4.32. The molecule has 0 saturated heterocycles. The van der Waals surface area contributed by atoms with E-state index in [1.807, 2.05) is 0 Å². The molecule has 1 aliphatic rings. The summed E-state index contributed by atoms with van der Waals surface area (Å²) >= 11 is 4.76. The molecule has 13 heavy (non-hydrogen) atoms. The molecule has 1 saturated carbocycles. The zero-order valence-electron chi connectivity index (χ0n) is 9.48. The third-order valence-corrected chi connectivity index (χ3v) is 1.50. The zero-order valence-corrected chi connectivity index (χ0v) is 10.2. The van der Waals surface area contributed by atoms with Gasteiger partial charge in [-0.15, -0.1) is 0 Å². The lowest BCUT2D eigenvalue weighted by atomic mass is 10.0. The number of rotatable bonds is 0. The van der Waals surface area contributed by atoms with Crippen molar-refractivity contribution in [2.24, 2.45) is 5.92 Å². The van der Waals surface area contributed by atoms with E-state index >= 15 is 0 Å². The Hall–Kier alpha value is 0.0300. The fourth-order valence-electron chi connectivity index (χ4n) is 1.06. The smallest absolute Gasteiger partial charge is 0.00296 e. The molecule has 0 atom stereocenters. The second-order valence-electron chi connectivity index (χ2n) is 4.01. The van der Waals surface area contributed by atoms with Crippen molar-refractivity contribution in [3.8, 4) is 0 Å². The molecule has 0 aromatic carbocycles. The first-order valence-corrected chi connectivity index (χ1v) is 5.79. The highest BCUT2D eigenvalue weighted by Gasteiger charge is 1.95. The Bertz CT molecular complexity index is 68.9. The van der Waals surface area contributed by atoms with Gasteiger partial charge in [0.2, 0.25) is 0 Å². The van der Waals surface area contributed by atoms with Gasteiger partial charge < -0.3 is 0 Å². The minimum absolute atomic E-state index is 0.833. The fourth-order valence-corrected chi connectivity index (χ4v) is 1.06. The van der Waals surface area contributed by atoms with Crippen LogP contribution in [0.5, 0.6) is 0 Å². The van der Waals surface area contributed by atoms with E-state index in [2.05, 4.69) is 27.4 Å². The van der Waals surface area contributed by atoms with Gasteiger partial charge in [0.05, 0.1) is 0 Å². The van der Waals surface area contributed by atoms with Gasteiger partial charge in [-0.2, -0.15) is 0 Å². The Morgan fingerprint density at radius 1 is 0.923 bits per heavy atom. The van der Waals surface area contributed by atoms with Crippen LogP contribution in [0.4, 0.5) is 0 Å². The molecule has 0 aromatic rings. The van der Waals surface area contributed by atoms with Gasteiger partial charge in [0, 0.05) is 0 Å². The average molecular weight is 205 g/mol. The predicted octanol–water partition coefficient (Wildman–Crippen LogP) is 5.37. The van der Waals surface area contributed by atoms with Crippen molar-refractivity contribution in [1.29, 1.82) is 0 Å². The van der Waals surface area contributed by atoms with Crippen molar-refractivity contribution < 1.29 is 0 Å². The summed E-state index contributed by atoms with van der Waals surface area (Å²) in [5, 5.41) is 0. The first-order chi connectivity index (χ1) is 6.15. The van der Waals surface area contributed by atoms with Crippen LogP contribution < -0.4 is 0 Å².